The van der Waals surface area contributed by atoms with Crippen LogP contribution in [0.15, 0.2) is 184 Å². The Morgan fingerprint density at radius 1 is 0.475 bits per heavy atom. The van der Waals surface area contributed by atoms with E-state index in [0.717, 1.165) is 55.5 Å². The predicted octanol–water partition coefficient (Wildman–Crippen LogP) is 14.4. The summed E-state index contributed by atoms with van der Waals surface area (Å²) in [6.07, 6.45) is -0.430. The lowest BCUT2D eigenvalue weighted by Gasteiger charge is -2.33. The van der Waals surface area contributed by atoms with Gasteiger partial charge in [-0.05, 0) is 65.7 Å². The van der Waals surface area contributed by atoms with Crippen LogP contribution >= 0.6 is 22.7 Å². The van der Waals surface area contributed by atoms with E-state index in [2.05, 4.69) is 186 Å². The molecule has 0 amide bonds. The average Bonchev–Trinajstić information content (AvgIpc) is 4.04. The second-order valence-electron chi connectivity index (χ2n) is 15.4. The summed E-state index contributed by atoms with van der Waals surface area (Å²) in [5, 5.41) is 9.74. The first-order valence-electron chi connectivity index (χ1n) is 19.8. The van der Waals surface area contributed by atoms with Crippen LogP contribution in [-0.2, 0) is 0 Å². The normalized spacial score (nSPS) is 14.9. The molecule has 278 valence electrons. The Labute approximate surface area is 346 Å². The average molecular weight is 793 g/mol. The first-order chi connectivity index (χ1) is 29.1. The second-order valence-corrected chi connectivity index (χ2v) is 17.5. The molecule has 4 aromatic heterocycles. The maximum atomic E-state index is 6.64. The Balaban J connectivity index is 1.04. The van der Waals surface area contributed by atoms with E-state index >= 15 is 0 Å². The summed E-state index contributed by atoms with van der Waals surface area (Å²) < 4.78 is 14.1. The molecule has 1 aliphatic rings. The van der Waals surface area contributed by atoms with E-state index in [0.29, 0.717) is 5.84 Å². The van der Waals surface area contributed by atoms with E-state index in [4.69, 9.17) is 14.4 Å². The maximum absolute atomic E-state index is 6.64. The molecule has 7 heteroatoms. The number of furan rings is 1. The van der Waals surface area contributed by atoms with Gasteiger partial charge in [0.05, 0.1) is 11.0 Å². The summed E-state index contributed by atoms with van der Waals surface area (Å²) >= 11 is 3.66. The van der Waals surface area contributed by atoms with Gasteiger partial charge in [0.1, 0.15) is 17.0 Å². The third-order valence-corrected chi connectivity index (χ3v) is 14.3. The summed E-state index contributed by atoms with van der Waals surface area (Å²) in [5.41, 5.74) is 8.25. The molecule has 13 rings (SSSR count). The molecule has 8 aromatic carbocycles. The fourth-order valence-corrected chi connectivity index (χ4v) is 11.6. The second kappa shape index (κ2) is 12.5. The van der Waals surface area contributed by atoms with Gasteiger partial charge in [0.15, 0.2) is 5.84 Å². The van der Waals surface area contributed by atoms with Crippen LogP contribution in [0, 0.1) is 0 Å². The molecule has 5 heterocycles. The Hall–Kier alpha value is -7.06. The van der Waals surface area contributed by atoms with E-state index in [1.807, 2.05) is 22.7 Å². The molecule has 0 aliphatic carbocycles. The molecule has 12 aromatic rings. The van der Waals surface area contributed by atoms with Crippen molar-refractivity contribution >= 4 is 118 Å². The summed E-state index contributed by atoms with van der Waals surface area (Å²) in [5.74, 6) is 1.53. The fourth-order valence-electron chi connectivity index (χ4n) is 9.31. The zero-order valence-corrected chi connectivity index (χ0v) is 33.4. The van der Waals surface area contributed by atoms with Crippen molar-refractivity contribution in [1.82, 2.24) is 9.47 Å². The van der Waals surface area contributed by atoms with Gasteiger partial charge in [-0.25, -0.2) is 9.98 Å². The highest BCUT2D eigenvalue weighted by atomic mass is 32.1. The van der Waals surface area contributed by atoms with Gasteiger partial charge in [0.2, 0.25) is 6.29 Å². The zero-order valence-electron chi connectivity index (χ0n) is 31.8. The summed E-state index contributed by atoms with van der Waals surface area (Å²) in [4.78, 5) is 13.2. The molecular formula is C52H32N4OS2. The van der Waals surface area contributed by atoms with E-state index < -0.39 is 6.29 Å². The number of hydrogen-bond acceptors (Lipinski definition) is 6. The number of nitrogens with zero attached hydrogens (tertiary/aromatic N) is 4. The molecule has 0 spiro atoms. The molecular weight excluding hydrogens is 761 g/mol. The molecule has 0 saturated carbocycles. The number of fused-ring (bicyclic) bond motifs is 12. The number of aliphatic imine (C=N–C) groups is 2. The number of benzene rings is 8. The number of aromatic nitrogens is 1. The minimum absolute atomic E-state index is 0.430. The van der Waals surface area contributed by atoms with E-state index in [1.54, 1.807) is 0 Å². The molecule has 59 heavy (non-hydrogen) atoms. The number of para-hydroxylation sites is 1. The number of rotatable bonds is 4. The van der Waals surface area contributed by atoms with Gasteiger partial charge >= 0.3 is 0 Å². The Bertz CT molecular complexity index is 3770. The van der Waals surface area contributed by atoms with Crippen molar-refractivity contribution in [2.45, 2.75) is 6.29 Å². The Morgan fingerprint density at radius 2 is 1.15 bits per heavy atom. The van der Waals surface area contributed by atoms with Crippen molar-refractivity contribution < 1.29 is 4.42 Å². The molecule has 0 fully saturated rings. The smallest absolute Gasteiger partial charge is 0.206 e. The quantitative estimate of drug-likeness (QED) is 0.178. The van der Waals surface area contributed by atoms with Gasteiger partial charge in [-0.1, -0.05) is 115 Å². The van der Waals surface area contributed by atoms with Crippen molar-refractivity contribution in [3.05, 3.63) is 181 Å². The number of hydrogen-bond donors (Lipinski definition) is 0. The molecule has 0 bridgehead atoms. The van der Waals surface area contributed by atoms with Gasteiger partial charge in [-0.2, -0.15) is 0 Å². The molecule has 5 nitrogen and oxygen atoms in total. The van der Waals surface area contributed by atoms with Gasteiger partial charge in [0, 0.05) is 80.1 Å². The van der Waals surface area contributed by atoms with Crippen LogP contribution in [0.5, 0.6) is 0 Å². The number of thiophene rings is 2. The van der Waals surface area contributed by atoms with Crippen LogP contribution in [-0.4, -0.2) is 28.2 Å². The van der Waals surface area contributed by atoms with Crippen LogP contribution in [0.1, 0.15) is 17.4 Å². The van der Waals surface area contributed by atoms with Gasteiger partial charge in [-0.3, -0.25) is 0 Å². The standard InChI is InChI=1S/C52H32N4OS2/c1-55-51(32-23-25-38-44(26-32)57-43-19-11-17-33(49(38)43)30-12-3-2-4-13-30)53-50(31-22-24-37-35-15-6-9-20-45(35)58-47(37)27-31)54-52(55)56-41-18-8-5-14-34(41)39-28-40-36-16-7-10-21-46(36)59-48(40)29-42(39)56/h2-29,52H,1H3. The zero-order chi connectivity index (χ0) is 38.8. The van der Waals surface area contributed by atoms with Crippen molar-refractivity contribution in [3.63, 3.8) is 0 Å². The first kappa shape index (κ1) is 33.0. The third kappa shape index (κ3) is 4.89. The monoisotopic (exact) mass is 792 g/mol. The highest BCUT2D eigenvalue weighted by Gasteiger charge is 2.30. The Kier molecular flexibility index (Phi) is 6.97. The topological polar surface area (TPSA) is 46.0 Å². The van der Waals surface area contributed by atoms with Crippen molar-refractivity contribution in [3.8, 4) is 11.1 Å². The lowest BCUT2D eigenvalue weighted by Crippen LogP contribution is -2.38. The molecule has 1 aliphatic heterocycles. The van der Waals surface area contributed by atoms with Crippen molar-refractivity contribution in [2.75, 3.05) is 7.05 Å². The molecule has 1 atom stereocenters. The van der Waals surface area contributed by atoms with Crippen molar-refractivity contribution in [1.29, 1.82) is 0 Å². The van der Waals surface area contributed by atoms with Gasteiger partial charge < -0.3 is 13.9 Å². The van der Waals surface area contributed by atoms with E-state index in [1.165, 1.54) is 56.7 Å². The van der Waals surface area contributed by atoms with Crippen molar-refractivity contribution in [2.24, 2.45) is 9.98 Å². The van der Waals surface area contributed by atoms with E-state index in [9.17, 15) is 0 Å². The van der Waals surface area contributed by atoms with Gasteiger partial charge in [0.25, 0.3) is 0 Å². The minimum Gasteiger partial charge on any atom is -0.456 e. The van der Waals surface area contributed by atoms with Crippen LogP contribution in [0.2, 0.25) is 0 Å². The van der Waals surface area contributed by atoms with Crippen LogP contribution in [0.4, 0.5) is 0 Å². The largest absolute Gasteiger partial charge is 0.456 e. The summed E-state index contributed by atoms with van der Waals surface area (Å²) in [7, 11) is 2.12. The predicted molar refractivity (Wildman–Crippen MR) is 251 cm³/mol. The lowest BCUT2D eigenvalue weighted by molar-refractivity contribution is 0.297. The fraction of sp³-hybridized carbons (Fsp3) is 0.0385. The Morgan fingerprint density at radius 3 is 1.98 bits per heavy atom. The van der Waals surface area contributed by atoms with Crippen LogP contribution in [0.25, 0.3) is 95.2 Å². The van der Waals surface area contributed by atoms with E-state index in [-0.39, 0.29) is 0 Å². The molecule has 1 unspecified atom stereocenters. The summed E-state index contributed by atoms with van der Waals surface area (Å²) in [6.45, 7) is 0. The minimum atomic E-state index is -0.430. The number of amidine groups is 2. The van der Waals surface area contributed by atoms with Crippen LogP contribution < -0.4 is 0 Å². The van der Waals surface area contributed by atoms with Crippen LogP contribution in [0.3, 0.4) is 0 Å². The first-order valence-corrected chi connectivity index (χ1v) is 21.4. The maximum Gasteiger partial charge on any atom is 0.206 e. The highest BCUT2D eigenvalue weighted by molar-refractivity contribution is 7.26. The highest BCUT2D eigenvalue weighted by Crippen LogP contribution is 2.43. The summed E-state index contributed by atoms with van der Waals surface area (Å²) in [6, 6.07) is 60.9. The van der Waals surface area contributed by atoms with Gasteiger partial charge in [-0.15, -0.1) is 22.7 Å². The molecule has 0 radical (unpaired) electrons. The lowest BCUT2D eigenvalue weighted by atomic mass is 9.99. The molecule has 0 N–H and O–H groups in total. The third-order valence-electron chi connectivity index (χ3n) is 12.0. The molecule has 0 saturated heterocycles. The SMILES string of the molecule is CN1C(c2ccc3c(c2)oc2cccc(-c4ccccc4)c23)=NC(c2ccc3c(c2)sc2ccccc23)=NC1n1c2ccccc2c2cc3c(cc21)sc1ccccc13.